The third-order valence-electron chi connectivity index (χ3n) is 3.44. The second-order valence-corrected chi connectivity index (χ2v) is 5.25. The fourth-order valence-corrected chi connectivity index (χ4v) is 2.23. The lowest BCUT2D eigenvalue weighted by Crippen LogP contribution is -2.13. The van der Waals surface area contributed by atoms with E-state index in [0.29, 0.717) is 11.6 Å². The zero-order chi connectivity index (χ0) is 16.6. The molecule has 6 heteroatoms. The monoisotopic (exact) mass is 322 g/mol. The van der Waals surface area contributed by atoms with Crippen LogP contribution in [0.1, 0.15) is 22.5 Å². The maximum absolute atomic E-state index is 11.8. The number of hydrogen-bond acceptors (Lipinski definition) is 5. The molecule has 0 aliphatic heterocycles. The molecule has 0 saturated heterocycles. The topological polar surface area (TPSA) is 80.0 Å². The second-order valence-electron chi connectivity index (χ2n) is 5.25. The van der Waals surface area contributed by atoms with Crippen molar-refractivity contribution in [3.8, 4) is 0 Å². The van der Waals surface area contributed by atoms with E-state index in [1.54, 1.807) is 24.3 Å². The molecular weight excluding hydrogens is 304 g/mol. The highest BCUT2D eigenvalue weighted by Crippen LogP contribution is 2.09. The van der Waals surface area contributed by atoms with Gasteiger partial charge in [-0.1, -0.05) is 30.3 Å². The average molecular weight is 322 g/mol. The Bertz CT molecular complexity index is 755. The van der Waals surface area contributed by atoms with Gasteiger partial charge in [-0.15, -0.1) is 10.2 Å². The Morgan fingerprint density at radius 1 is 0.958 bits per heavy atom. The SMILES string of the molecule is O=C(Nc1ccc(NCCCc2ccccc2)nn1)c1ccco1. The van der Waals surface area contributed by atoms with E-state index >= 15 is 0 Å². The summed E-state index contributed by atoms with van der Waals surface area (Å²) in [5.41, 5.74) is 1.32. The van der Waals surface area contributed by atoms with Crippen LogP contribution in [0.5, 0.6) is 0 Å². The Hall–Kier alpha value is -3.15. The summed E-state index contributed by atoms with van der Waals surface area (Å²) in [6.07, 6.45) is 3.46. The maximum Gasteiger partial charge on any atom is 0.292 e. The molecule has 3 aromatic rings. The molecule has 24 heavy (non-hydrogen) atoms. The molecule has 0 aliphatic rings. The van der Waals surface area contributed by atoms with Gasteiger partial charge in [0.15, 0.2) is 11.6 Å². The summed E-state index contributed by atoms with van der Waals surface area (Å²) in [6, 6.07) is 17.1. The third-order valence-corrected chi connectivity index (χ3v) is 3.44. The first kappa shape index (κ1) is 15.7. The fourth-order valence-electron chi connectivity index (χ4n) is 2.23. The second kappa shape index (κ2) is 7.92. The van der Waals surface area contributed by atoms with E-state index in [-0.39, 0.29) is 11.7 Å². The summed E-state index contributed by atoms with van der Waals surface area (Å²) < 4.78 is 5.02. The molecule has 3 rings (SSSR count). The van der Waals surface area contributed by atoms with Gasteiger partial charge < -0.3 is 15.1 Å². The van der Waals surface area contributed by atoms with Crippen molar-refractivity contribution < 1.29 is 9.21 Å². The quantitative estimate of drug-likeness (QED) is 0.652. The van der Waals surface area contributed by atoms with Gasteiger partial charge in [0.25, 0.3) is 5.91 Å². The minimum Gasteiger partial charge on any atom is -0.459 e. The highest BCUT2D eigenvalue weighted by molar-refractivity contribution is 6.01. The Morgan fingerprint density at radius 3 is 2.46 bits per heavy atom. The number of nitrogens with zero attached hydrogens (tertiary/aromatic N) is 2. The third kappa shape index (κ3) is 4.42. The lowest BCUT2D eigenvalue weighted by atomic mass is 10.1. The largest absolute Gasteiger partial charge is 0.459 e. The molecular formula is C18H18N4O2. The number of hydrogen-bond donors (Lipinski definition) is 2. The smallest absolute Gasteiger partial charge is 0.292 e. The number of furan rings is 1. The van der Waals surface area contributed by atoms with Crippen LogP contribution in [0.4, 0.5) is 11.6 Å². The molecule has 2 aromatic heterocycles. The summed E-state index contributed by atoms with van der Waals surface area (Å²) >= 11 is 0. The molecule has 0 radical (unpaired) electrons. The van der Waals surface area contributed by atoms with Crippen molar-refractivity contribution in [3.05, 3.63) is 72.2 Å². The van der Waals surface area contributed by atoms with E-state index in [1.165, 1.54) is 11.8 Å². The molecule has 0 atom stereocenters. The first-order valence-corrected chi connectivity index (χ1v) is 7.77. The average Bonchev–Trinajstić information content (AvgIpc) is 3.16. The van der Waals surface area contributed by atoms with Gasteiger partial charge in [0.1, 0.15) is 5.82 Å². The van der Waals surface area contributed by atoms with E-state index in [0.717, 1.165) is 19.4 Å². The zero-order valence-electron chi connectivity index (χ0n) is 13.1. The van der Waals surface area contributed by atoms with Gasteiger partial charge in [0.05, 0.1) is 6.26 Å². The molecule has 0 bridgehead atoms. The van der Waals surface area contributed by atoms with E-state index in [1.807, 2.05) is 18.2 Å². The standard InChI is InChI=1S/C18H18N4O2/c23-18(15-9-5-13-24-15)20-17-11-10-16(21-22-17)19-12-4-8-14-6-2-1-3-7-14/h1-3,5-7,9-11,13H,4,8,12H2,(H,19,21)(H,20,22,23). The van der Waals surface area contributed by atoms with Crippen molar-refractivity contribution in [1.82, 2.24) is 10.2 Å². The Labute approximate surface area is 139 Å². The van der Waals surface area contributed by atoms with Gasteiger partial charge >= 0.3 is 0 Å². The first-order valence-electron chi connectivity index (χ1n) is 7.77. The number of carbonyl (C=O) groups excluding carboxylic acids is 1. The van der Waals surface area contributed by atoms with Gasteiger partial charge in [0, 0.05) is 6.54 Å². The Kier molecular flexibility index (Phi) is 5.19. The number of carbonyl (C=O) groups is 1. The summed E-state index contributed by atoms with van der Waals surface area (Å²) in [7, 11) is 0. The number of amides is 1. The number of nitrogens with one attached hydrogen (secondary N) is 2. The van der Waals surface area contributed by atoms with Gasteiger partial charge in [-0.05, 0) is 42.7 Å². The van der Waals surface area contributed by atoms with Crippen molar-refractivity contribution in [1.29, 1.82) is 0 Å². The minimum atomic E-state index is -0.349. The lowest BCUT2D eigenvalue weighted by molar-refractivity contribution is 0.0996. The van der Waals surface area contributed by atoms with Gasteiger partial charge in [-0.2, -0.15) is 0 Å². The first-order chi connectivity index (χ1) is 11.8. The molecule has 1 aromatic carbocycles. The van der Waals surface area contributed by atoms with Crippen molar-refractivity contribution >= 4 is 17.5 Å². The summed E-state index contributed by atoms with van der Waals surface area (Å²) in [5, 5.41) is 13.9. The van der Waals surface area contributed by atoms with Gasteiger partial charge in [-0.3, -0.25) is 4.79 Å². The van der Waals surface area contributed by atoms with Crippen LogP contribution in [0.25, 0.3) is 0 Å². The van der Waals surface area contributed by atoms with Crippen LogP contribution in [0.15, 0.2) is 65.3 Å². The van der Waals surface area contributed by atoms with E-state index in [4.69, 9.17) is 4.42 Å². The molecule has 6 nitrogen and oxygen atoms in total. The molecule has 2 N–H and O–H groups in total. The van der Waals surface area contributed by atoms with Crippen LogP contribution in [-0.4, -0.2) is 22.6 Å². The van der Waals surface area contributed by atoms with Crippen LogP contribution < -0.4 is 10.6 Å². The highest BCUT2D eigenvalue weighted by atomic mass is 16.3. The Morgan fingerprint density at radius 2 is 1.75 bits per heavy atom. The molecule has 0 fully saturated rings. The zero-order valence-corrected chi connectivity index (χ0v) is 13.1. The molecule has 0 unspecified atom stereocenters. The number of anilines is 2. The predicted molar refractivity (Wildman–Crippen MR) is 91.9 cm³/mol. The van der Waals surface area contributed by atoms with Crippen LogP contribution in [0.2, 0.25) is 0 Å². The van der Waals surface area contributed by atoms with Crippen LogP contribution in [-0.2, 0) is 6.42 Å². The van der Waals surface area contributed by atoms with Crippen molar-refractivity contribution in [2.75, 3.05) is 17.2 Å². The molecule has 0 spiro atoms. The van der Waals surface area contributed by atoms with Crippen LogP contribution >= 0.6 is 0 Å². The molecule has 2 heterocycles. The molecule has 0 saturated carbocycles. The number of aromatic nitrogens is 2. The van der Waals surface area contributed by atoms with Crippen LogP contribution in [0.3, 0.4) is 0 Å². The van der Waals surface area contributed by atoms with E-state index in [9.17, 15) is 4.79 Å². The van der Waals surface area contributed by atoms with Gasteiger partial charge in [-0.25, -0.2) is 0 Å². The molecule has 1 amide bonds. The summed E-state index contributed by atoms with van der Waals surface area (Å²) in [5.74, 6) is 0.947. The number of aryl methyl sites for hydroxylation is 1. The highest BCUT2D eigenvalue weighted by Gasteiger charge is 2.09. The fraction of sp³-hybridized carbons (Fsp3) is 0.167. The van der Waals surface area contributed by atoms with Crippen molar-refractivity contribution in [2.45, 2.75) is 12.8 Å². The van der Waals surface area contributed by atoms with E-state index in [2.05, 4.69) is 33.0 Å². The molecule has 0 aliphatic carbocycles. The minimum absolute atomic E-state index is 0.236. The normalized spacial score (nSPS) is 10.3. The molecule has 122 valence electrons. The maximum atomic E-state index is 11.8. The summed E-state index contributed by atoms with van der Waals surface area (Å²) in [4.78, 5) is 11.8. The van der Waals surface area contributed by atoms with Crippen LogP contribution in [0, 0.1) is 0 Å². The lowest BCUT2D eigenvalue weighted by Gasteiger charge is -2.06. The van der Waals surface area contributed by atoms with Gasteiger partial charge in [0.2, 0.25) is 0 Å². The predicted octanol–water partition coefficient (Wildman–Crippen LogP) is 3.37. The number of rotatable bonds is 7. The Balaban J connectivity index is 1.44. The summed E-state index contributed by atoms with van der Waals surface area (Å²) in [6.45, 7) is 0.807. The van der Waals surface area contributed by atoms with Crippen molar-refractivity contribution in [2.24, 2.45) is 0 Å². The van der Waals surface area contributed by atoms with E-state index < -0.39 is 0 Å². The van der Waals surface area contributed by atoms with Crippen molar-refractivity contribution in [3.63, 3.8) is 0 Å². The number of benzene rings is 1.